The Labute approximate surface area is 183 Å². The van der Waals surface area contributed by atoms with Crippen LogP contribution in [0, 0.1) is 0 Å². The Morgan fingerprint density at radius 1 is 1.03 bits per heavy atom. The molecule has 2 atom stereocenters. The molecule has 0 aliphatic rings. The van der Waals surface area contributed by atoms with Crippen molar-refractivity contribution in [2.24, 2.45) is 0 Å². The van der Waals surface area contributed by atoms with Gasteiger partial charge in [0.1, 0.15) is 6.04 Å². The number of nitrogens with zero attached hydrogens (tertiary/aromatic N) is 1. The van der Waals surface area contributed by atoms with E-state index in [0.717, 1.165) is 17.7 Å². The summed E-state index contributed by atoms with van der Waals surface area (Å²) in [5.41, 5.74) is 2.12. The van der Waals surface area contributed by atoms with E-state index in [1.165, 1.54) is 5.56 Å². The third kappa shape index (κ3) is 7.75. The van der Waals surface area contributed by atoms with Gasteiger partial charge in [0, 0.05) is 23.4 Å². The first-order chi connectivity index (χ1) is 13.9. The molecule has 29 heavy (non-hydrogen) atoms. The van der Waals surface area contributed by atoms with Gasteiger partial charge in [-0.05, 0) is 43.5 Å². The highest BCUT2D eigenvalue weighted by Crippen LogP contribution is 2.17. The maximum Gasteiger partial charge on any atom is 0.242 e. The summed E-state index contributed by atoms with van der Waals surface area (Å²) in [6, 6.07) is 17.0. The Morgan fingerprint density at radius 2 is 1.69 bits per heavy atom. The lowest BCUT2D eigenvalue weighted by Gasteiger charge is -2.29. The van der Waals surface area contributed by atoms with E-state index >= 15 is 0 Å². The molecule has 1 N–H and O–H groups in total. The molecule has 0 saturated heterocycles. The zero-order chi connectivity index (χ0) is 21.2. The molecule has 0 radical (unpaired) electrons. The van der Waals surface area contributed by atoms with Crippen molar-refractivity contribution in [2.75, 3.05) is 5.75 Å². The normalized spacial score (nSPS) is 12.8. The minimum Gasteiger partial charge on any atom is -0.352 e. The van der Waals surface area contributed by atoms with Gasteiger partial charge in [-0.15, -0.1) is 11.8 Å². The average molecular weight is 433 g/mol. The minimum absolute atomic E-state index is 0.0484. The molecule has 0 unspecified atom stereocenters. The summed E-state index contributed by atoms with van der Waals surface area (Å²) < 4.78 is 0. The first-order valence-corrected chi connectivity index (χ1v) is 11.4. The van der Waals surface area contributed by atoms with Crippen LogP contribution >= 0.6 is 23.4 Å². The molecular formula is C23H29ClN2O2S. The summed E-state index contributed by atoms with van der Waals surface area (Å²) >= 11 is 7.54. The van der Waals surface area contributed by atoms with E-state index in [1.807, 2.05) is 56.3 Å². The van der Waals surface area contributed by atoms with Gasteiger partial charge in [-0.2, -0.15) is 0 Å². The molecule has 0 saturated carbocycles. The largest absolute Gasteiger partial charge is 0.352 e. The van der Waals surface area contributed by atoms with Crippen LogP contribution in [0.4, 0.5) is 0 Å². The van der Waals surface area contributed by atoms with Crippen LogP contribution < -0.4 is 5.32 Å². The quantitative estimate of drug-likeness (QED) is 0.580. The number of carbonyl (C=O) groups is 2. The first kappa shape index (κ1) is 23.3. The molecule has 156 valence electrons. The lowest BCUT2D eigenvalue weighted by atomic mass is 10.1. The number of thioether (sulfide) groups is 1. The van der Waals surface area contributed by atoms with Gasteiger partial charge >= 0.3 is 0 Å². The Balaban J connectivity index is 2.06. The van der Waals surface area contributed by atoms with Gasteiger partial charge in [-0.1, -0.05) is 61.0 Å². The molecule has 0 heterocycles. The van der Waals surface area contributed by atoms with Gasteiger partial charge in [0.15, 0.2) is 0 Å². The molecule has 0 fully saturated rings. The number of benzene rings is 2. The molecule has 0 aliphatic carbocycles. The molecule has 0 aromatic heterocycles. The van der Waals surface area contributed by atoms with Crippen LogP contribution in [0.2, 0.25) is 5.02 Å². The molecule has 0 aliphatic heterocycles. The van der Waals surface area contributed by atoms with E-state index in [4.69, 9.17) is 11.6 Å². The zero-order valence-corrected chi connectivity index (χ0v) is 18.8. The van der Waals surface area contributed by atoms with Crippen molar-refractivity contribution >= 4 is 35.2 Å². The average Bonchev–Trinajstić information content (AvgIpc) is 2.73. The number of nitrogens with one attached hydrogen (secondary N) is 1. The first-order valence-electron chi connectivity index (χ1n) is 9.86. The monoisotopic (exact) mass is 432 g/mol. The molecule has 6 heteroatoms. The van der Waals surface area contributed by atoms with Crippen LogP contribution in [0.5, 0.6) is 0 Å². The van der Waals surface area contributed by atoms with Gasteiger partial charge < -0.3 is 10.2 Å². The summed E-state index contributed by atoms with van der Waals surface area (Å²) in [6.07, 6.45) is 0.844. The molecule has 2 rings (SSSR count). The number of hydrogen-bond acceptors (Lipinski definition) is 3. The van der Waals surface area contributed by atoms with Crippen molar-refractivity contribution in [3.8, 4) is 0 Å². The SMILES string of the molecule is CC[C@H](C)NC(=O)[C@H](C)N(Cc1ccc(Cl)cc1)C(=O)CSCc1ccccc1. The van der Waals surface area contributed by atoms with E-state index in [2.05, 4.69) is 5.32 Å². The summed E-state index contributed by atoms with van der Waals surface area (Å²) in [4.78, 5) is 27.3. The number of hydrogen-bond donors (Lipinski definition) is 1. The number of carbonyl (C=O) groups excluding carboxylic acids is 2. The van der Waals surface area contributed by atoms with Crippen LogP contribution in [-0.4, -0.2) is 34.6 Å². The lowest BCUT2D eigenvalue weighted by Crippen LogP contribution is -2.50. The molecule has 2 aromatic carbocycles. The summed E-state index contributed by atoms with van der Waals surface area (Å²) in [5, 5.41) is 3.63. The number of amides is 2. The highest BCUT2D eigenvalue weighted by molar-refractivity contribution is 7.99. The maximum absolute atomic E-state index is 13.0. The van der Waals surface area contributed by atoms with Gasteiger partial charge in [0.25, 0.3) is 0 Å². The molecule has 0 bridgehead atoms. The van der Waals surface area contributed by atoms with Crippen LogP contribution in [0.15, 0.2) is 54.6 Å². The fourth-order valence-corrected chi connectivity index (χ4v) is 3.74. The van der Waals surface area contributed by atoms with Crippen LogP contribution in [0.25, 0.3) is 0 Å². The van der Waals surface area contributed by atoms with E-state index in [9.17, 15) is 9.59 Å². The number of rotatable bonds is 10. The second-order valence-electron chi connectivity index (χ2n) is 7.12. The Hall–Kier alpha value is -1.98. The molecular weight excluding hydrogens is 404 g/mol. The fraction of sp³-hybridized carbons (Fsp3) is 0.391. The smallest absolute Gasteiger partial charge is 0.242 e. The van der Waals surface area contributed by atoms with E-state index < -0.39 is 6.04 Å². The van der Waals surface area contributed by atoms with Gasteiger partial charge in [0.2, 0.25) is 11.8 Å². The Morgan fingerprint density at radius 3 is 2.31 bits per heavy atom. The van der Waals surface area contributed by atoms with Crippen LogP contribution in [0.1, 0.15) is 38.3 Å². The Bertz CT molecular complexity index is 783. The topological polar surface area (TPSA) is 49.4 Å². The van der Waals surface area contributed by atoms with Crippen LogP contribution in [0.3, 0.4) is 0 Å². The van der Waals surface area contributed by atoms with E-state index in [1.54, 1.807) is 35.7 Å². The highest BCUT2D eigenvalue weighted by atomic mass is 35.5. The van der Waals surface area contributed by atoms with E-state index in [-0.39, 0.29) is 17.9 Å². The highest BCUT2D eigenvalue weighted by Gasteiger charge is 2.26. The third-order valence-corrected chi connectivity index (χ3v) is 6.01. The Kier molecular flexibility index (Phi) is 9.55. The molecule has 2 amide bonds. The molecule has 0 spiro atoms. The third-order valence-electron chi connectivity index (χ3n) is 4.77. The summed E-state index contributed by atoms with van der Waals surface area (Å²) in [6.45, 7) is 6.14. The van der Waals surface area contributed by atoms with E-state index in [0.29, 0.717) is 17.3 Å². The maximum atomic E-state index is 13.0. The summed E-state index contributed by atoms with van der Waals surface area (Å²) in [7, 11) is 0. The van der Waals surface area contributed by atoms with Gasteiger partial charge in [-0.3, -0.25) is 9.59 Å². The molecule has 4 nitrogen and oxygen atoms in total. The van der Waals surface area contributed by atoms with Crippen molar-refractivity contribution in [3.63, 3.8) is 0 Å². The van der Waals surface area contributed by atoms with Crippen molar-refractivity contribution < 1.29 is 9.59 Å². The number of halogens is 1. The van der Waals surface area contributed by atoms with Crippen molar-refractivity contribution in [1.82, 2.24) is 10.2 Å². The van der Waals surface area contributed by atoms with Crippen molar-refractivity contribution in [2.45, 2.75) is 51.6 Å². The molecule has 2 aromatic rings. The predicted octanol–water partition coefficient (Wildman–Crippen LogP) is 4.91. The zero-order valence-electron chi connectivity index (χ0n) is 17.2. The van der Waals surface area contributed by atoms with Crippen molar-refractivity contribution in [1.29, 1.82) is 0 Å². The predicted molar refractivity (Wildman–Crippen MR) is 122 cm³/mol. The van der Waals surface area contributed by atoms with Crippen molar-refractivity contribution in [3.05, 3.63) is 70.7 Å². The van der Waals surface area contributed by atoms with Gasteiger partial charge in [0.05, 0.1) is 5.75 Å². The minimum atomic E-state index is -0.551. The van der Waals surface area contributed by atoms with Crippen LogP contribution in [-0.2, 0) is 21.9 Å². The summed E-state index contributed by atoms with van der Waals surface area (Å²) in [5.74, 6) is 0.903. The van der Waals surface area contributed by atoms with Gasteiger partial charge in [-0.25, -0.2) is 0 Å². The fourth-order valence-electron chi connectivity index (χ4n) is 2.75. The second kappa shape index (κ2) is 11.9. The lowest BCUT2D eigenvalue weighted by molar-refractivity contribution is -0.138. The standard InChI is InChI=1S/C23H29ClN2O2S/c1-4-17(2)25-23(28)18(3)26(14-19-10-12-21(24)13-11-19)22(27)16-29-15-20-8-6-5-7-9-20/h5-13,17-18H,4,14-16H2,1-3H3,(H,25,28)/t17-,18-/m0/s1. The second-order valence-corrected chi connectivity index (χ2v) is 8.54.